The van der Waals surface area contributed by atoms with E-state index >= 15 is 0 Å². The van der Waals surface area contributed by atoms with E-state index < -0.39 is 17.6 Å². The number of carbonyl (C=O) groups is 2. The van der Waals surface area contributed by atoms with Crippen LogP contribution >= 0.6 is 0 Å². The summed E-state index contributed by atoms with van der Waals surface area (Å²) in [5.41, 5.74) is 1.31. The minimum Gasteiger partial charge on any atom is -0.484 e. The highest BCUT2D eigenvalue weighted by Gasteiger charge is 2.30. The summed E-state index contributed by atoms with van der Waals surface area (Å²) >= 11 is 0. The fraction of sp³-hybridized carbons (Fsp3) is 0.300. The van der Waals surface area contributed by atoms with Gasteiger partial charge in [0.2, 0.25) is 0 Å². The first-order valence-corrected chi connectivity index (χ1v) is 8.59. The average Bonchev–Trinajstić information content (AvgIpc) is 2.63. The van der Waals surface area contributed by atoms with Crippen LogP contribution in [0.4, 0.5) is 13.2 Å². The maximum atomic E-state index is 12.5. The van der Waals surface area contributed by atoms with Crippen LogP contribution in [-0.2, 0) is 11.0 Å². The molecule has 0 atom stereocenters. The van der Waals surface area contributed by atoms with Crippen LogP contribution in [0.2, 0.25) is 0 Å². The first-order chi connectivity index (χ1) is 13.2. The molecule has 2 rings (SSSR count). The standard InChI is InChI=1S/C20H21F3N2O3/c1-13-3-8-17(14(2)11-13)28-12-18(26)24-9-10-25-19(27)15-4-6-16(7-5-15)20(21,22)23/h3-8,11H,9-10,12H2,1-2H3,(H,24,26)(H,25,27). The summed E-state index contributed by atoms with van der Waals surface area (Å²) in [5.74, 6) is -0.241. The second-order valence-electron chi connectivity index (χ2n) is 6.24. The van der Waals surface area contributed by atoms with Gasteiger partial charge in [-0.2, -0.15) is 13.2 Å². The van der Waals surface area contributed by atoms with Crippen molar-refractivity contribution in [1.82, 2.24) is 10.6 Å². The van der Waals surface area contributed by atoms with Crippen molar-refractivity contribution in [2.45, 2.75) is 20.0 Å². The van der Waals surface area contributed by atoms with Gasteiger partial charge in [-0.1, -0.05) is 17.7 Å². The Labute approximate surface area is 160 Å². The molecule has 0 radical (unpaired) electrons. The van der Waals surface area contributed by atoms with Gasteiger partial charge in [-0.25, -0.2) is 0 Å². The number of amides is 2. The summed E-state index contributed by atoms with van der Waals surface area (Å²) in [7, 11) is 0. The van der Waals surface area contributed by atoms with E-state index in [1.165, 1.54) is 0 Å². The topological polar surface area (TPSA) is 67.4 Å². The molecule has 28 heavy (non-hydrogen) atoms. The van der Waals surface area contributed by atoms with Crippen LogP contribution in [0.15, 0.2) is 42.5 Å². The van der Waals surface area contributed by atoms with Crippen LogP contribution in [0, 0.1) is 13.8 Å². The third kappa shape index (κ3) is 6.29. The van der Waals surface area contributed by atoms with E-state index in [1.807, 2.05) is 26.0 Å². The first-order valence-electron chi connectivity index (χ1n) is 8.59. The molecule has 0 spiro atoms. The molecule has 2 aromatic rings. The molecule has 0 aromatic heterocycles. The van der Waals surface area contributed by atoms with Gasteiger partial charge < -0.3 is 15.4 Å². The van der Waals surface area contributed by atoms with Crippen molar-refractivity contribution in [1.29, 1.82) is 0 Å². The number of benzene rings is 2. The molecule has 0 unspecified atom stereocenters. The molecule has 0 saturated carbocycles. The van der Waals surface area contributed by atoms with Crippen LogP contribution in [0.1, 0.15) is 27.0 Å². The quantitative estimate of drug-likeness (QED) is 0.709. The summed E-state index contributed by atoms with van der Waals surface area (Å²) in [4.78, 5) is 23.7. The Kier molecular flexibility index (Phi) is 7.03. The Morgan fingerprint density at radius 3 is 2.21 bits per heavy atom. The van der Waals surface area contributed by atoms with Gasteiger partial charge in [-0.05, 0) is 49.7 Å². The lowest BCUT2D eigenvalue weighted by Gasteiger charge is -2.11. The summed E-state index contributed by atoms with van der Waals surface area (Å²) < 4.78 is 43.0. The van der Waals surface area contributed by atoms with Crippen molar-refractivity contribution in [2.24, 2.45) is 0 Å². The fourth-order valence-electron chi connectivity index (χ4n) is 2.45. The van der Waals surface area contributed by atoms with Crippen molar-refractivity contribution >= 4 is 11.8 Å². The second-order valence-corrected chi connectivity index (χ2v) is 6.24. The normalized spacial score (nSPS) is 11.0. The maximum absolute atomic E-state index is 12.5. The van der Waals surface area contributed by atoms with E-state index in [4.69, 9.17) is 4.74 Å². The molecule has 0 aliphatic heterocycles. The highest BCUT2D eigenvalue weighted by atomic mass is 19.4. The number of hydrogen-bond acceptors (Lipinski definition) is 3. The third-order valence-corrected chi connectivity index (χ3v) is 3.90. The molecule has 0 aliphatic rings. The molecule has 0 saturated heterocycles. The maximum Gasteiger partial charge on any atom is 0.416 e. The third-order valence-electron chi connectivity index (χ3n) is 3.90. The number of ether oxygens (including phenoxy) is 1. The van der Waals surface area contributed by atoms with E-state index in [9.17, 15) is 22.8 Å². The number of aryl methyl sites for hydroxylation is 2. The Balaban J connectivity index is 1.70. The van der Waals surface area contributed by atoms with Crippen LogP contribution in [0.5, 0.6) is 5.75 Å². The lowest BCUT2D eigenvalue weighted by Crippen LogP contribution is -2.36. The Morgan fingerprint density at radius 2 is 1.61 bits per heavy atom. The zero-order valence-corrected chi connectivity index (χ0v) is 15.5. The molecular weight excluding hydrogens is 373 g/mol. The number of halogens is 3. The van der Waals surface area contributed by atoms with E-state index in [0.717, 1.165) is 35.4 Å². The lowest BCUT2D eigenvalue weighted by atomic mass is 10.1. The first kappa shape index (κ1) is 21.3. The van der Waals surface area contributed by atoms with Crippen molar-refractivity contribution in [3.8, 4) is 5.75 Å². The van der Waals surface area contributed by atoms with Crippen LogP contribution in [-0.4, -0.2) is 31.5 Å². The van der Waals surface area contributed by atoms with Gasteiger partial charge in [-0.15, -0.1) is 0 Å². The predicted molar refractivity (Wildman–Crippen MR) is 98.2 cm³/mol. The van der Waals surface area contributed by atoms with Gasteiger partial charge >= 0.3 is 6.18 Å². The Morgan fingerprint density at radius 1 is 0.964 bits per heavy atom. The highest BCUT2D eigenvalue weighted by Crippen LogP contribution is 2.29. The predicted octanol–water partition coefficient (Wildman–Crippen LogP) is 3.25. The number of nitrogens with one attached hydrogen (secondary N) is 2. The van der Waals surface area contributed by atoms with Gasteiger partial charge in [0.25, 0.3) is 11.8 Å². The van der Waals surface area contributed by atoms with Crippen LogP contribution < -0.4 is 15.4 Å². The minimum atomic E-state index is -4.45. The van der Waals surface area contributed by atoms with Gasteiger partial charge in [-0.3, -0.25) is 9.59 Å². The zero-order valence-electron chi connectivity index (χ0n) is 15.5. The molecule has 0 fully saturated rings. The number of hydrogen-bond donors (Lipinski definition) is 2. The number of rotatable bonds is 7. The summed E-state index contributed by atoms with van der Waals surface area (Å²) in [5, 5.41) is 5.12. The van der Waals surface area contributed by atoms with Crippen molar-refractivity contribution < 1.29 is 27.5 Å². The lowest BCUT2D eigenvalue weighted by molar-refractivity contribution is -0.137. The minimum absolute atomic E-state index is 0.109. The zero-order chi connectivity index (χ0) is 20.7. The average molecular weight is 394 g/mol. The summed E-state index contributed by atoms with van der Waals surface area (Å²) in [6.45, 7) is 3.99. The molecular formula is C20H21F3N2O3. The SMILES string of the molecule is Cc1ccc(OCC(=O)NCCNC(=O)c2ccc(C(F)(F)F)cc2)c(C)c1. The molecule has 5 nitrogen and oxygen atoms in total. The molecule has 2 N–H and O–H groups in total. The van der Waals surface area contributed by atoms with Gasteiger partial charge in [0.15, 0.2) is 6.61 Å². The van der Waals surface area contributed by atoms with Crippen molar-refractivity contribution in [3.63, 3.8) is 0 Å². The molecule has 0 bridgehead atoms. The molecule has 2 aromatic carbocycles. The molecule has 8 heteroatoms. The van der Waals surface area contributed by atoms with Gasteiger partial charge in [0.05, 0.1) is 5.56 Å². The highest BCUT2D eigenvalue weighted by molar-refractivity contribution is 5.94. The second kappa shape index (κ2) is 9.25. The van der Waals surface area contributed by atoms with E-state index in [2.05, 4.69) is 10.6 Å². The molecule has 0 heterocycles. The molecule has 2 amide bonds. The number of alkyl halides is 3. The van der Waals surface area contributed by atoms with Crippen molar-refractivity contribution in [2.75, 3.05) is 19.7 Å². The smallest absolute Gasteiger partial charge is 0.416 e. The van der Waals surface area contributed by atoms with Crippen molar-refractivity contribution in [3.05, 3.63) is 64.7 Å². The van der Waals surface area contributed by atoms with Crippen LogP contribution in [0.3, 0.4) is 0 Å². The molecule has 150 valence electrons. The monoisotopic (exact) mass is 394 g/mol. The van der Waals surface area contributed by atoms with E-state index in [0.29, 0.717) is 5.75 Å². The van der Waals surface area contributed by atoms with Gasteiger partial charge in [0.1, 0.15) is 5.75 Å². The fourth-order valence-corrected chi connectivity index (χ4v) is 2.45. The Hall–Kier alpha value is -3.03. The summed E-state index contributed by atoms with van der Waals surface area (Å²) in [6.07, 6.45) is -4.45. The Bertz CT molecular complexity index is 834. The van der Waals surface area contributed by atoms with Gasteiger partial charge in [0, 0.05) is 18.7 Å². The van der Waals surface area contributed by atoms with E-state index in [-0.39, 0.29) is 31.2 Å². The summed E-state index contributed by atoms with van der Waals surface area (Å²) in [6, 6.07) is 9.54. The van der Waals surface area contributed by atoms with Crippen LogP contribution in [0.25, 0.3) is 0 Å². The largest absolute Gasteiger partial charge is 0.484 e. The number of carbonyl (C=O) groups excluding carboxylic acids is 2. The molecule has 0 aliphatic carbocycles. The van der Waals surface area contributed by atoms with E-state index in [1.54, 1.807) is 6.07 Å².